The van der Waals surface area contributed by atoms with Crippen LogP contribution in [0.3, 0.4) is 0 Å². The zero-order chi connectivity index (χ0) is 19.4. The summed E-state index contributed by atoms with van der Waals surface area (Å²) in [6, 6.07) is 3.48. The highest BCUT2D eigenvalue weighted by Crippen LogP contribution is 2.24. The average Bonchev–Trinajstić information content (AvgIpc) is 3.02. The Morgan fingerprint density at radius 3 is 2.63 bits per heavy atom. The van der Waals surface area contributed by atoms with Gasteiger partial charge in [-0.05, 0) is 6.07 Å². The first kappa shape index (κ1) is 18.9. The molecule has 1 aromatic rings. The van der Waals surface area contributed by atoms with Gasteiger partial charge in [0.1, 0.15) is 12.2 Å². The number of aromatic nitrogens is 1. The smallest absolute Gasteiger partial charge is 0.414 e. The van der Waals surface area contributed by atoms with Crippen molar-refractivity contribution in [2.75, 3.05) is 31.1 Å². The van der Waals surface area contributed by atoms with Gasteiger partial charge in [0.15, 0.2) is 0 Å². The molecule has 3 rings (SSSR count). The van der Waals surface area contributed by atoms with E-state index in [9.17, 15) is 14.4 Å². The highest BCUT2D eigenvalue weighted by atomic mass is 16.6. The molecule has 1 atom stereocenters. The number of anilines is 1. The topological polar surface area (TPSA) is 101 Å². The minimum absolute atomic E-state index is 0.0257. The number of nitrogens with zero attached hydrogens (tertiary/aromatic N) is 3. The Balaban J connectivity index is 1.52. The fourth-order valence-electron chi connectivity index (χ4n) is 3.16. The van der Waals surface area contributed by atoms with Gasteiger partial charge in [0, 0.05) is 45.8 Å². The Hall–Kier alpha value is -2.84. The molecule has 27 heavy (non-hydrogen) atoms. The van der Waals surface area contributed by atoms with Gasteiger partial charge in [-0.25, -0.2) is 9.78 Å². The van der Waals surface area contributed by atoms with Crippen molar-refractivity contribution in [1.82, 2.24) is 15.2 Å². The number of likely N-dealkylation sites (tertiary alicyclic amines) is 1. The Morgan fingerprint density at radius 2 is 2.04 bits per heavy atom. The first-order chi connectivity index (χ1) is 12.9. The number of ether oxygens (including phenoxy) is 2. The van der Waals surface area contributed by atoms with E-state index < -0.39 is 6.09 Å². The van der Waals surface area contributed by atoms with Gasteiger partial charge < -0.3 is 19.7 Å². The summed E-state index contributed by atoms with van der Waals surface area (Å²) in [4.78, 5) is 41.9. The Bertz CT molecular complexity index is 700. The Morgan fingerprint density at radius 1 is 1.30 bits per heavy atom. The molecule has 0 bridgehead atoms. The normalized spacial score (nSPS) is 20.4. The second-order valence-electron chi connectivity index (χ2n) is 6.73. The number of amides is 3. The maximum atomic E-state index is 12.0. The molecule has 0 unspecified atom stereocenters. The van der Waals surface area contributed by atoms with Crippen LogP contribution < -0.4 is 15.0 Å². The lowest BCUT2D eigenvalue weighted by molar-refractivity contribution is -0.130. The minimum Gasteiger partial charge on any atom is -0.474 e. The van der Waals surface area contributed by atoms with E-state index in [0.29, 0.717) is 31.2 Å². The monoisotopic (exact) mass is 376 g/mol. The average molecular weight is 376 g/mol. The summed E-state index contributed by atoms with van der Waals surface area (Å²) in [6.45, 7) is 5.00. The first-order valence-electron chi connectivity index (χ1n) is 9.03. The summed E-state index contributed by atoms with van der Waals surface area (Å²) < 4.78 is 11.1. The summed E-state index contributed by atoms with van der Waals surface area (Å²) in [5, 5.41) is 2.64. The largest absolute Gasteiger partial charge is 0.474 e. The quantitative estimate of drug-likeness (QED) is 0.821. The number of rotatable bonds is 5. The molecule has 0 aliphatic carbocycles. The molecule has 0 aromatic carbocycles. The molecule has 0 radical (unpaired) electrons. The molecule has 9 nitrogen and oxygen atoms in total. The van der Waals surface area contributed by atoms with Crippen molar-refractivity contribution in [1.29, 1.82) is 0 Å². The van der Waals surface area contributed by atoms with Crippen LogP contribution in [-0.4, -0.2) is 66.2 Å². The molecule has 9 heteroatoms. The van der Waals surface area contributed by atoms with Gasteiger partial charge in [-0.2, -0.15) is 0 Å². The molecule has 1 N–H and O–H groups in total. The third-order valence-electron chi connectivity index (χ3n) is 4.66. The van der Waals surface area contributed by atoms with E-state index in [1.54, 1.807) is 25.3 Å². The van der Waals surface area contributed by atoms with E-state index in [2.05, 4.69) is 10.3 Å². The predicted molar refractivity (Wildman–Crippen MR) is 96.4 cm³/mol. The molecular weight excluding hydrogens is 352 g/mol. The van der Waals surface area contributed by atoms with Gasteiger partial charge in [0.25, 0.3) is 0 Å². The van der Waals surface area contributed by atoms with Crippen molar-refractivity contribution in [3.63, 3.8) is 0 Å². The summed E-state index contributed by atoms with van der Waals surface area (Å²) in [7, 11) is 0. The zero-order valence-corrected chi connectivity index (χ0v) is 15.5. The molecule has 0 saturated carbocycles. The number of piperidine rings is 1. The van der Waals surface area contributed by atoms with Crippen LogP contribution >= 0.6 is 0 Å². The number of cyclic esters (lactones) is 1. The summed E-state index contributed by atoms with van der Waals surface area (Å²) in [5.41, 5.74) is 0.615. The van der Waals surface area contributed by atoms with Crippen LogP contribution in [0.5, 0.6) is 5.88 Å². The highest BCUT2D eigenvalue weighted by Gasteiger charge is 2.32. The lowest BCUT2D eigenvalue weighted by Crippen LogP contribution is -2.40. The third kappa shape index (κ3) is 4.87. The second-order valence-corrected chi connectivity index (χ2v) is 6.73. The van der Waals surface area contributed by atoms with E-state index in [0.717, 1.165) is 12.8 Å². The Kier molecular flexibility index (Phi) is 5.78. The van der Waals surface area contributed by atoms with E-state index in [4.69, 9.17) is 9.47 Å². The van der Waals surface area contributed by atoms with E-state index in [-0.39, 0.29) is 30.6 Å². The summed E-state index contributed by atoms with van der Waals surface area (Å²) >= 11 is 0. The SMILES string of the molecule is CC(=O)NC[C@H]1CN(c2ccc(OC3CCN(C(C)=O)CC3)nc2)C(=O)O1. The first-order valence-corrected chi connectivity index (χ1v) is 9.03. The standard InChI is InChI=1S/C18H24N4O5/c1-12(23)19-10-16-11-22(18(25)27-16)14-3-4-17(20-9-14)26-15-5-7-21(8-6-15)13(2)24/h3-4,9,15-16H,5-8,10-11H2,1-2H3,(H,19,23)/t16-/m0/s1. The molecule has 0 spiro atoms. The van der Waals surface area contributed by atoms with Gasteiger partial charge in [0.05, 0.1) is 25.0 Å². The molecule has 2 aliphatic rings. The molecule has 2 fully saturated rings. The van der Waals surface area contributed by atoms with Crippen molar-refractivity contribution in [3.05, 3.63) is 18.3 Å². The van der Waals surface area contributed by atoms with Crippen LogP contribution in [-0.2, 0) is 14.3 Å². The summed E-state index contributed by atoms with van der Waals surface area (Å²) in [5.74, 6) is 0.412. The van der Waals surface area contributed by atoms with Crippen molar-refractivity contribution in [2.45, 2.75) is 38.9 Å². The van der Waals surface area contributed by atoms with Gasteiger partial charge in [-0.15, -0.1) is 0 Å². The molecule has 146 valence electrons. The number of hydrogen-bond donors (Lipinski definition) is 1. The van der Waals surface area contributed by atoms with Gasteiger partial charge in [0.2, 0.25) is 17.7 Å². The van der Waals surface area contributed by atoms with Crippen LogP contribution in [0, 0.1) is 0 Å². The van der Waals surface area contributed by atoms with Crippen LogP contribution in [0.2, 0.25) is 0 Å². The van der Waals surface area contributed by atoms with Crippen LogP contribution in [0.25, 0.3) is 0 Å². The van der Waals surface area contributed by atoms with Crippen molar-refractivity contribution in [2.24, 2.45) is 0 Å². The van der Waals surface area contributed by atoms with Crippen molar-refractivity contribution < 1.29 is 23.9 Å². The molecule has 2 saturated heterocycles. The van der Waals surface area contributed by atoms with Crippen LogP contribution in [0.15, 0.2) is 18.3 Å². The highest BCUT2D eigenvalue weighted by molar-refractivity contribution is 5.89. The van der Waals surface area contributed by atoms with Gasteiger partial charge in [-0.1, -0.05) is 0 Å². The number of hydrogen-bond acceptors (Lipinski definition) is 6. The third-order valence-corrected chi connectivity index (χ3v) is 4.66. The lowest BCUT2D eigenvalue weighted by atomic mass is 10.1. The Labute approximate surface area is 157 Å². The van der Waals surface area contributed by atoms with Gasteiger partial charge in [-0.3, -0.25) is 14.5 Å². The van der Waals surface area contributed by atoms with E-state index in [1.165, 1.54) is 11.8 Å². The minimum atomic E-state index is -0.461. The molecule has 1 aromatic heterocycles. The molecule has 3 heterocycles. The fourth-order valence-corrected chi connectivity index (χ4v) is 3.16. The number of pyridine rings is 1. The van der Waals surface area contributed by atoms with Crippen molar-refractivity contribution in [3.8, 4) is 5.88 Å². The second kappa shape index (κ2) is 8.24. The molecule has 2 aliphatic heterocycles. The van der Waals surface area contributed by atoms with Crippen LogP contribution in [0.4, 0.5) is 10.5 Å². The number of carbonyl (C=O) groups excluding carboxylic acids is 3. The maximum Gasteiger partial charge on any atom is 0.414 e. The van der Waals surface area contributed by atoms with Gasteiger partial charge >= 0.3 is 6.09 Å². The van der Waals surface area contributed by atoms with E-state index in [1.807, 2.05) is 4.90 Å². The number of carbonyl (C=O) groups is 3. The molecular formula is C18H24N4O5. The number of nitrogens with one attached hydrogen (secondary N) is 1. The summed E-state index contributed by atoms with van der Waals surface area (Å²) in [6.07, 6.45) is 2.29. The fraction of sp³-hybridized carbons (Fsp3) is 0.556. The zero-order valence-electron chi connectivity index (χ0n) is 15.5. The predicted octanol–water partition coefficient (Wildman–Crippen LogP) is 0.933. The van der Waals surface area contributed by atoms with Crippen LogP contribution in [0.1, 0.15) is 26.7 Å². The molecule has 3 amide bonds. The lowest BCUT2D eigenvalue weighted by Gasteiger charge is -2.31. The maximum absolute atomic E-state index is 12.0. The van der Waals surface area contributed by atoms with Crippen molar-refractivity contribution >= 4 is 23.6 Å². The van der Waals surface area contributed by atoms with E-state index >= 15 is 0 Å².